The van der Waals surface area contributed by atoms with Gasteiger partial charge in [-0.15, -0.1) is 0 Å². The van der Waals surface area contributed by atoms with Gasteiger partial charge in [0.2, 0.25) is 0 Å². The monoisotopic (exact) mass is 506 g/mol. The van der Waals surface area contributed by atoms with E-state index in [1.807, 2.05) is 104 Å². The van der Waals surface area contributed by atoms with Gasteiger partial charge in [-0.1, -0.05) is 80.1 Å². The first-order valence-corrected chi connectivity index (χ1v) is 12.9. The number of imidazole rings is 1. The van der Waals surface area contributed by atoms with E-state index < -0.39 is 12.1 Å². The minimum Gasteiger partial charge on any atom is -0.489 e. The molecule has 0 bridgehead atoms. The second kappa shape index (κ2) is 11.6. The number of fused-ring (bicyclic) bond motifs is 1. The molecule has 6 nitrogen and oxygen atoms in total. The summed E-state index contributed by atoms with van der Waals surface area (Å²) in [6, 6.07) is 33.5. The van der Waals surface area contributed by atoms with Gasteiger partial charge in [-0.05, 0) is 42.7 Å². The van der Waals surface area contributed by atoms with Crippen molar-refractivity contribution >= 4 is 17.0 Å². The highest BCUT2D eigenvalue weighted by Gasteiger charge is 2.20. The lowest BCUT2D eigenvalue weighted by Crippen LogP contribution is -2.26. The fraction of sp³-hybridized carbons (Fsp3) is 0.188. The van der Waals surface area contributed by atoms with Gasteiger partial charge in [0.1, 0.15) is 23.9 Å². The molecule has 0 aliphatic carbocycles. The van der Waals surface area contributed by atoms with E-state index in [1.54, 1.807) is 6.07 Å². The molecule has 1 unspecified atom stereocenters. The molecule has 0 radical (unpaired) electrons. The maximum atomic E-state index is 11.8. The molecule has 0 aliphatic rings. The third kappa shape index (κ3) is 5.70. The van der Waals surface area contributed by atoms with E-state index in [-0.39, 0.29) is 0 Å². The zero-order valence-corrected chi connectivity index (χ0v) is 21.3. The van der Waals surface area contributed by atoms with Crippen LogP contribution in [-0.4, -0.2) is 26.7 Å². The Hall–Kier alpha value is -4.58. The Balaban J connectivity index is 1.55. The molecule has 4 aromatic carbocycles. The van der Waals surface area contributed by atoms with Crippen molar-refractivity contribution in [1.29, 1.82) is 0 Å². The van der Waals surface area contributed by atoms with Crippen molar-refractivity contribution in [2.75, 3.05) is 0 Å². The summed E-state index contributed by atoms with van der Waals surface area (Å²) in [4.78, 5) is 16.7. The van der Waals surface area contributed by atoms with E-state index >= 15 is 0 Å². The van der Waals surface area contributed by atoms with E-state index in [9.17, 15) is 9.90 Å². The summed E-state index contributed by atoms with van der Waals surface area (Å²) in [6.45, 7) is 2.50. The lowest BCUT2D eigenvalue weighted by Gasteiger charge is -2.16. The van der Waals surface area contributed by atoms with Crippen molar-refractivity contribution < 1.29 is 19.4 Å². The molecule has 0 aliphatic heterocycles. The van der Waals surface area contributed by atoms with Crippen LogP contribution < -0.4 is 9.47 Å². The number of nitrogens with zero attached hydrogens (tertiary/aromatic N) is 2. The summed E-state index contributed by atoms with van der Waals surface area (Å²) in [7, 11) is 0. The molecule has 1 heterocycles. The Bertz CT molecular complexity index is 1510. The van der Waals surface area contributed by atoms with Gasteiger partial charge in [-0.3, -0.25) is 4.57 Å². The van der Waals surface area contributed by atoms with Gasteiger partial charge >= 0.3 is 5.97 Å². The maximum absolute atomic E-state index is 11.8. The van der Waals surface area contributed by atoms with Crippen molar-refractivity contribution in [3.63, 3.8) is 0 Å². The highest BCUT2D eigenvalue weighted by molar-refractivity contribution is 5.84. The average molecular weight is 507 g/mol. The highest BCUT2D eigenvalue weighted by Crippen LogP contribution is 2.32. The lowest BCUT2D eigenvalue weighted by atomic mass is 10.1. The summed E-state index contributed by atoms with van der Waals surface area (Å²) in [5.41, 5.74) is 4.55. The molecular weight excluding hydrogens is 476 g/mol. The van der Waals surface area contributed by atoms with Crippen LogP contribution in [0.5, 0.6) is 11.5 Å². The smallest absolute Gasteiger partial charge is 0.344 e. The summed E-state index contributed by atoms with van der Waals surface area (Å²) < 4.78 is 14.1. The van der Waals surface area contributed by atoms with Gasteiger partial charge in [0.15, 0.2) is 6.10 Å². The first-order valence-electron chi connectivity index (χ1n) is 12.9. The lowest BCUT2D eigenvalue weighted by molar-refractivity contribution is -0.145. The normalized spacial score (nSPS) is 11.8. The van der Waals surface area contributed by atoms with E-state index in [0.29, 0.717) is 18.8 Å². The molecule has 0 saturated heterocycles. The quantitative estimate of drug-likeness (QED) is 0.204. The molecule has 0 saturated carbocycles. The number of carboxylic acids is 1. The van der Waals surface area contributed by atoms with Gasteiger partial charge in [0, 0.05) is 17.7 Å². The number of hydrogen-bond donors (Lipinski definition) is 1. The summed E-state index contributed by atoms with van der Waals surface area (Å²) in [6.07, 6.45) is 1.25. The van der Waals surface area contributed by atoms with Crippen molar-refractivity contribution in [3.8, 4) is 28.6 Å². The number of rotatable bonds is 11. The third-order valence-electron chi connectivity index (χ3n) is 6.36. The summed E-state index contributed by atoms with van der Waals surface area (Å²) in [5, 5.41) is 9.67. The molecule has 1 N–H and O–H groups in total. The van der Waals surface area contributed by atoms with E-state index in [2.05, 4.69) is 4.57 Å². The Labute approximate surface area is 222 Å². The minimum absolute atomic E-state index is 0.458. The van der Waals surface area contributed by atoms with Crippen LogP contribution in [0.2, 0.25) is 0 Å². The number of aromatic nitrogens is 2. The zero-order valence-electron chi connectivity index (χ0n) is 21.3. The van der Waals surface area contributed by atoms with Crippen LogP contribution in [0.15, 0.2) is 103 Å². The average Bonchev–Trinajstić information content (AvgIpc) is 3.34. The number of unbranched alkanes of at least 4 members (excludes halogenated alkanes) is 1. The molecule has 1 atom stereocenters. The van der Waals surface area contributed by atoms with Crippen molar-refractivity contribution in [1.82, 2.24) is 9.55 Å². The second-order valence-corrected chi connectivity index (χ2v) is 9.15. The summed E-state index contributed by atoms with van der Waals surface area (Å²) >= 11 is 0. The van der Waals surface area contributed by atoms with Crippen molar-refractivity contribution in [3.05, 3.63) is 109 Å². The Morgan fingerprint density at radius 3 is 2.39 bits per heavy atom. The largest absolute Gasteiger partial charge is 0.489 e. The zero-order chi connectivity index (χ0) is 26.3. The molecule has 0 fully saturated rings. The summed E-state index contributed by atoms with van der Waals surface area (Å²) in [5.74, 6) is 1.06. The topological polar surface area (TPSA) is 73.6 Å². The number of ether oxygens (including phenoxy) is 2. The number of carbonyl (C=O) groups is 1. The SMILES string of the molecule is CCCCC(Oc1ccc2nc(-c3ccccc3)n(-c3cccc(OCc4ccccc4)c3)c2c1)C(=O)O. The molecule has 38 heavy (non-hydrogen) atoms. The molecule has 6 heteroatoms. The molecule has 5 aromatic rings. The van der Waals surface area contributed by atoms with Crippen molar-refractivity contribution in [2.45, 2.75) is 38.9 Å². The number of aliphatic carboxylic acids is 1. The fourth-order valence-corrected chi connectivity index (χ4v) is 4.41. The standard InChI is InChI=1S/C32H30N2O4/c1-2-3-17-30(32(35)36)38-27-18-19-28-29(21-27)34(31(33-28)24-13-8-5-9-14-24)25-15-10-16-26(20-25)37-22-23-11-6-4-7-12-23/h4-16,18-21,30H,2-3,17,22H2,1H3,(H,35,36). The van der Waals surface area contributed by atoms with Crippen LogP contribution in [0, 0.1) is 0 Å². The fourth-order valence-electron chi connectivity index (χ4n) is 4.41. The van der Waals surface area contributed by atoms with E-state index in [1.165, 1.54) is 0 Å². The predicted molar refractivity (Wildman–Crippen MR) is 149 cm³/mol. The van der Waals surface area contributed by atoms with Crippen LogP contribution in [-0.2, 0) is 11.4 Å². The second-order valence-electron chi connectivity index (χ2n) is 9.15. The van der Waals surface area contributed by atoms with Gasteiger partial charge < -0.3 is 14.6 Å². The van der Waals surface area contributed by atoms with E-state index in [4.69, 9.17) is 14.5 Å². The molecule has 0 spiro atoms. The maximum Gasteiger partial charge on any atom is 0.344 e. The van der Waals surface area contributed by atoms with Gasteiger partial charge in [-0.25, -0.2) is 9.78 Å². The van der Waals surface area contributed by atoms with Crippen LogP contribution in [0.3, 0.4) is 0 Å². The number of carboxylic acid groups (broad SMARTS) is 1. The predicted octanol–water partition coefficient (Wildman–Crippen LogP) is 7.29. The molecule has 192 valence electrons. The van der Waals surface area contributed by atoms with Gasteiger partial charge in [0.05, 0.1) is 16.7 Å². The van der Waals surface area contributed by atoms with Crippen molar-refractivity contribution in [2.24, 2.45) is 0 Å². The van der Waals surface area contributed by atoms with E-state index in [0.717, 1.165) is 52.3 Å². The Kier molecular flexibility index (Phi) is 7.69. The Morgan fingerprint density at radius 1 is 0.895 bits per heavy atom. The molecule has 1 aromatic heterocycles. The van der Waals surface area contributed by atoms with Crippen LogP contribution in [0.1, 0.15) is 31.7 Å². The number of benzene rings is 4. The Morgan fingerprint density at radius 2 is 1.66 bits per heavy atom. The first-order chi connectivity index (χ1) is 18.6. The molecule has 0 amide bonds. The molecule has 5 rings (SSSR count). The first kappa shape index (κ1) is 25.1. The van der Waals surface area contributed by atoms with Gasteiger partial charge in [0.25, 0.3) is 0 Å². The van der Waals surface area contributed by atoms with Crippen LogP contribution >= 0.6 is 0 Å². The third-order valence-corrected chi connectivity index (χ3v) is 6.36. The van der Waals surface area contributed by atoms with Crippen LogP contribution in [0.25, 0.3) is 28.1 Å². The van der Waals surface area contributed by atoms with Crippen LogP contribution in [0.4, 0.5) is 0 Å². The number of hydrogen-bond acceptors (Lipinski definition) is 4. The highest BCUT2D eigenvalue weighted by atomic mass is 16.5. The van der Waals surface area contributed by atoms with Gasteiger partial charge in [-0.2, -0.15) is 0 Å². The minimum atomic E-state index is -0.958. The molecular formula is C32H30N2O4.